The van der Waals surface area contributed by atoms with Gasteiger partial charge in [0.15, 0.2) is 0 Å². The third kappa shape index (κ3) is 2.92. The third-order valence-electron chi connectivity index (χ3n) is 1.25. The number of thiophene rings is 1. The number of hydrogen-bond donors (Lipinski definition) is 1. The predicted octanol–water partition coefficient (Wildman–Crippen LogP) is 3.06. The molecule has 2 nitrogen and oxygen atoms in total. The minimum atomic E-state index is 0.138. The highest BCUT2D eigenvalue weighted by molar-refractivity contribution is 9.11. The van der Waals surface area contributed by atoms with E-state index in [2.05, 4.69) is 20.8 Å². The lowest BCUT2D eigenvalue weighted by atomic mass is 10.3. The van der Waals surface area contributed by atoms with Gasteiger partial charge in [0.05, 0.1) is 10.4 Å². The summed E-state index contributed by atoms with van der Waals surface area (Å²) in [5, 5.41) is 0. The van der Waals surface area contributed by atoms with Crippen molar-refractivity contribution in [3.8, 4) is 0 Å². The monoisotopic (exact) mass is 272 g/mol. The van der Waals surface area contributed by atoms with Crippen LogP contribution in [0.15, 0.2) is 21.6 Å². The second kappa shape index (κ2) is 4.51. The zero-order chi connectivity index (χ0) is 9.84. The molecule has 13 heavy (non-hydrogen) atoms. The molecule has 0 atom stereocenters. The molecular formula is C8H5BrN2S2. The van der Waals surface area contributed by atoms with Gasteiger partial charge in [-0.2, -0.15) is 0 Å². The second-order valence-corrected chi connectivity index (χ2v) is 5.08. The Labute approximate surface area is 94.0 Å². The molecule has 5 heteroatoms. The fourth-order valence-corrected chi connectivity index (χ4v) is 2.16. The molecule has 0 fully saturated rings. The Morgan fingerprint density at radius 1 is 1.69 bits per heavy atom. The van der Waals surface area contributed by atoms with Gasteiger partial charge in [0.25, 0.3) is 0 Å². The van der Waals surface area contributed by atoms with Crippen LogP contribution in [0.4, 0.5) is 0 Å². The molecule has 0 spiro atoms. The van der Waals surface area contributed by atoms with E-state index in [-0.39, 0.29) is 4.99 Å². The lowest BCUT2D eigenvalue weighted by Gasteiger charge is -1.91. The van der Waals surface area contributed by atoms with Crippen molar-refractivity contribution in [2.45, 2.75) is 0 Å². The largest absolute Gasteiger partial charge is 0.399 e. The van der Waals surface area contributed by atoms with Crippen LogP contribution in [0.3, 0.4) is 0 Å². The summed E-state index contributed by atoms with van der Waals surface area (Å²) in [5.41, 5.74) is 5.67. The Morgan fingerprint density at radius 3 is 2.77 bits per heavy atom. The molecule has 66 valence electrons. The number of rotatable bonds is 2. The maximum Gasteiger partial charge on any atom is 0.221 e. The third-order valence-corrected chi connectivity index (χ3v) is 3.03. The van der Waals surface area contributed by atoms with E-state index in [1.54, 1.807) is 6.08 Å². The summed E-state index contributed by atoms with van der Waals surface area (Å²) in [6.45, 7) is 6.83. The summed E-state index contributed by atoms with van der Waals surface area (Å²) >= 11 is 9.57. The van der Waals surface area contributed by atoms with Crippen LogP contribution >= 0.6 is 39.5 Å². The summed E-state index contributed by atoms with van der Waals surface area (Å²) < 4.78 is 1.02. The molecule has 0 aliphatic rings. The van der Waals surface area contributed by atoms with Crippen molar-refractivity contribution in [2.75, 3.05) is 0 Å². The highest BCUT2D eigenvalue weighted by Gasteiger charge is 2.01. The van der Waals surface area contributed by atoms with Gasteiger partial charge in [-0.15, -0.1) is 11.3 Å². The zero-order valence-corrected chi connectivity index (χ0v) is 9.67. The van der Waals surface area contributed by atoms with E-state index in [1.807, 2.05) is 12.1 Å². The first kappa shape index (κ1) is 10.4. The van der Waals surface area contributed by atoms with Crippen molar-refractivity contribution in [2.24, 2.45) is 5.73 Å². The number of nitrogens with zero attached hydrogens (tertiary/aromatic N) is 1. The first-order valence-corrected chi connectivity index (χ1v) is 5.29. The van der Waals surface area contributed by atoms with E-state index in [0.717, 1.165) is 8.66 Å². The Balaban J connectivity index is 3.00. The molecule has 0 saturated carbocycles. The molecule has 1 aromatic rings. The lowest BCUT2D eigenvalue weighted by Crippen LogP contribution is -2.08. The number of nitrogens with two attached hydrogens (primary N) is 1. The first-order chi connectivity index (χ1) is 6.13. The molecular weight excluding hydrogens is 268 g/mol. The fraction of sp³-hybridized carbons (Fsp3) is 0. The van der Waals surface area contributed by atoms with Gasteiger partial charge in [-0.25, -0.2) is 4.85 Å². The molecule has 0 aromatic carbocycles. The van der Waals surface area contributed by atoms with E-state index in [4.69, 9.17) is 24.5 Å². The van der Waals surface area contributed by atoms with Gasteiger partial charge in [0, 0.05) is 4.88 Å². The quantitative estimate of drug-likeness (QED) is 0.510. The SMILES string of the molecule is [C-]#[N+]/C(=C\c1ccc(Br)s1)C(N)=S. The minimum Gasteiger partial charge on any atom is -0.399 e. The van der Waals surface area contributed by atoms with Crippen molar-refractivity contribution in [1.29, 1.82) is 0 Å². The molecule has 0 bridgehead atoms. The van der Waals surface area contributed by atoms with Gasteiger partial charge >= 0.3 is 0 Å². The molecule has 1 rings (SSSR count). The van der Waals surface area contributed by atoms with Gasteiger partial charge in [0.1, 0.15) is 4.99 Å². The highest BCUT2D eigenvalue weighted by atomic mass is 79.9. The molecule has 0 radical (unpaired) electrons. The lowest BCUT2D eigenvalue weighted by molar-refractivity contribution is 1.73. The van der Waals surface area contributed by atoms with Gasteiger partial charge in [-0.3, -0.25) is 0 Å². The Hall–Kier alpha value is -0.700. The smallest absolute Gasteiger partial charge is 0.221 e. The standard InChI is InChI=1S/C8H5BrN2S2/c1-11-6(8(10)12)4-5-2-3-7(9)13-5/h2-4H,(H2,10,12)/b6-4-. The Bertz CT molecular complexity index is 401. The van der Waals surface area contributed by atoms with Crippen molar-refractivity contribution in [3.05, 3.63) is 37.9 Å². The van der Waals surface area contributed by atoms with Crippen LogP contribution in [-0.2, 0) is 0 Å². The topological polar surface area (TPSA) is 30.4 Å². The summed E-state index contributed by atoms with van der Waals surface area (Å²) in [4.78, 5) is 4.33. The van der Waals surface area contributed by atoms with Crippen LogP contribution < -0.4 is 5.73 Å². The second-order valence-electron chi connectivity index (χ2n) is 2.15. The molecule has 0 saturated heterocycles. The van der Waals surface area contributed by atoms with Crippen LogP contribution in [0, 0.1) is 6.57 Å². The van der Waals surface area contributed by atoms with Crippen molar-refractivity contribution >= 4 is 50.5 Å². The van der Waals surface area contributed by atoms with Gasteiger partial charge in [-0.1, -0.05) is 12.2 Å². The van der Waals surface area contributed by atoms with Gasteiger partial charge in [0.2, 0.25) is 5.70 Å². The molecule has 0 unspecified atom stereocenters. The molecule has 1 heterocycles. The summed E-state index contributed by atoms with van der Waals surface area (Å²) in [6, 6.07) is 3.82. The van der Waals surface area contributed by atoms with E-state index in [0.29, 0.717) is 5.70 Å². The average molecular weight is 273 g/mol. The van der Waals surface area contributed by atoms with Crippen molar-refractivity contribution < 1.29 is 0 Å². The number of halogens is 1. The zero-order valence-electron chi connectivity index (χ0n) is 6.45. The Kier molecular flexibility index (Phi) is 3.60. The summed E-state index contributed by atoms with van der Waals surface area (Å²) in [5.74, 6) is 0. The first-order valence-electron chi connectivity index (χ1n) is 3.28. The minimum absolute atomic E-state index is 0.138. The van der Waals surface area contributed by atoms with Crippen LogP contribution in [0.25, 0.3) is 10.9 Å². The highest BCUT2D eigenvalue weighted by Crippen LogP contribution is 2.24. The maximum absolute atomic E-state index is 6.83. The van der Waals surface area contributed by atoms with Crippen molar-refractivity contribution in [1.82, 2.24) is 0 Å². The van der Waals surface area contributed by atoms with Gasteiger partial charge in [-0.05, 0) is 34.1 Å². The number of hydrogen-bond acceptors (Lipinski definition) is 2. The van der Waals surface area contributed by atoms with E-state index >= 15 is 0 Å². The Morgan fingerprint density at radius 2 is 2.38 bits per heavy atom. The predicted molar refractivity (Wildman–Crippen MR) is 63.4 cm³/mol. The molecule has 0 amide bonds. The molecule has 1 aromatic heterocycles. The molecule has 0 aliphatic heterocycles. The summed E-state index contributed by atoms with van der Waals surface area (Å²) in [6.07, 6.45) is 1.69. The summed E-state index contributed by atoms with van der Waals surface area (Å²) in [7, 11) is 0. The average Bonchev–Trinajstić information content (AvgIpc) is 2.46. The fourth-order valence-electron chi connectivity index (χ4n) is 0.699. The van der Waals surface area contributed by atoms with Crippen LogP contribution in [0.5, 0.6) is 0 Å². The number of thiocarbonyl (C=S) groups is 1. The van der Waals surface area contributed by atoms with Crippen LogP contribution in [0.2, 0.25) is 0 Å². The molecule has 2 N–H and O–H groups in total. The maximum atomic E-state index is 6.83. The van der Waals surface area contributed by atoms with E-state index in [1.165, 1.54) is 11.3 Å². The van der Waals surface area contributed by atoms with E-state index < -0.39 is 0 Å². The van der Waals surface area contributed by atoms with Gasteiger partial charge < -0.3 is 5.73 Å². The van der Waals surface area contributed by atoms with Crippen LogP contribution in [-0.4, -0.2) is 4.99 Å². The molecule has 0 aliphatic carbocycles. The van der Waals surface area contributed by atoms with Crippen LogP contribution in [0.1, 0.15) is 4.88 Å². The normalized spacial score (nSPS) is 10.9. The van der Waals surface area contributed by atoms with Crippen molar-refractivity contribution in [3.63, 3.8) is 0 Å². The van der Waals surface area contributed by atoms with E-state index in [9.17, 15) is 0 Å².